The molecule has 0 atom stereocenters. The van der Waals surface area contributed by atoms with Crippen molar-refractivity contribution in [2.24, 2.45) is 0 Å². The second-order valence-corrected chi connectivity index (χ2v) is 17.3. The average Bonchev–Trinajstić information content (AvgIpc) is 3.91. The van der Waals surface area contributed by atoms with Crippen molar-refractivity contribution in [1.82, 2.24) is 15.0 Å². The van der Waals surface area contributed by atoms with E-state index in [-0.39, 0.29) is 0 Å². The van der Waals surface area contributed by atoms with Gasteiger partial charge in [0.15, 0.2) is 5.82 Å². The lowest BCUT2D eigenvalue weighted by Gasteiger charge is -2.14. The molecule has 280 valence electrons. The van der Waals surface area contributed by atoms with Crippen LogP contribution in [0.1, 0.15) is 0 Å². The molecule has 0 unspecified atom stereocenters. The lowest BCUT2D eigenvalue weighted by Crippen LogP contribution is -1.97. The van der Waals surface area contributed by atoms with Crippen molar-refractivity contribution in [2.45, 2.75) is 0 Å². The van der Waals surface area contributed by atoms with Crippen LogP contribution in [0.25, 0.3) is 119 Å². The van der Waals surface area contributed by atoms with Crippen LogP contribution in [0.3, 0.4) is 0 Å². The van der Waals surface area contributed by atoms with Crippen LogP contribution >= 0.6 is 22.7 Å². The number of benzene rings is 8. The summed E-state index contributed by atoms with van der Waals surface area (Å²) < 4.78 is 5.02. The van der Waals surface area contributed by atoms with Gasteiger partial charge in [0.2, 0.25) is 0 Å². The maximum atomic E-state index is 5.46. The zero-order valence-electron chi connectivity index (χ0n) is 32.2. The number of nitrogens with zero attached hydrogens (tertiary/aromatic N) is 3. The lowest BCUT2D eigenvalue weighted by atomic mass is 9.94. The van der Waals surface area contributed by atoms with Gasteiger partial charge in [0.05, 0.1) is 27.3 Å². The highest BCUT2D eigenvalue weighted by molar-refractivity contribution is 7.26. The van der Waals surface area contributed by atoms with Gasteiger partial charge in [-0.15, -0.1) is 22.7 Å². The minimum atomic E-state index is 0.684. The molecule has 0 saturated carbocycles. The van der Waals surface area contributed by atoms with Gasteiger partial charge >= 0.3 is 0 Å². The number of para-hydroxylation sites is 1. The van der Waals surface area contributed by atoms with Crippen LogP contribution in [-0.2, 0) is 0 Å². The van der Waals surface area contributed by atoms with Crippen LogP contribution in [0.5, 0.6) is 0 Å². The molecule has 4 heterocycles. The molecule has 0 saturated heterocycles. The van der Waals surface area contributed by atoms with Crippen LogP contribution in [0, 0.1) is 0 Å². The van der Waals surface area contributed by atoms with E-state index < -0.39 is 0 Å². The van der Waals surface area contributed by atoms with E-state index in [1.807, 2.05) is 40.9 Å². The molecule has 8 aromatic carbocycles. The third-order valence-electron chi connectivity index (χ3n) is 11.5. The topological polar surface area (TPSA) is 38.7 Å². The first-order chi connectivity index (χ1) is 29.7. The van der Waals surface area contributed by atoms with Gasteiger partial charge in [0.25, 0.3) is 0 Å². The maximum Gasteiger partial charge on any atom is 0.160 e. The monoisotopic (exact) mass is 799 g/mol. The highest BCUT2D eigenvalue weighted by atomic mass is 32.1. The van der Waals surface area contributed by atoms with Crippen LogP contribution < -0.4 is 0 Å². The molecule has 4 aromatic heterocycles. The lowest BCUT2D eigenvalue weighted by molar-refractivity contribution is 1.18. The predicted molar refractivity (Wildman–Crippen MR) is 256 cm³/mol. The number of hydrogen-bond donors (Lipinski definition) is 0. The molecule has 12 aromatic rings. The number of pyridine rings is 1. The molecule has 3 nitrogen and oxygen atoms in total. The summed E-state index contributed by atoms with van der Waals surface area (Å²) in [5.74, 6) is 0.684. The fraction of sp³-hybridized carbons (Fsp3) is 0. The smallest absolute Gasteiger partial charge is 0.160 e. The van der Waals surface area contributed by atoms with Gasteiger partial charge in [-0.2, -0.15) is 0 Å². The van der Waals surface area contributed by atoms with Gasteiger partial charge in [-0.1, -0.05) is 146 Å². The summed E-state index contributed by atoms with van der Waals surface area (Å²) >= 11 is 3.66. The fourth-order valence-corrected chi connectivity index (χ4v) is 10.9. The largest absolute Gasteiger partial charge is 0.246 e. The molecule has 0 aliphatic rings. The third kappa shape index (κ3) is 5.98. The first-order valence-corrected chi connectivity index (χ1v) is 21.7. The number of aromatic nitrogens is 3. The van der Waals surface area contributed by atoms with Crippen molar-refractivity contribution in [3.8, 4) is 67.4 Å². The second-order valence-electron chi connectivity index (χ2n) is 15.2. The summed E-state index contributed by atoms with van der Waals surface area (Å²) in [6, 6.07) is 71.4. The molecule has 0 amide bonds. The molecule has 0 bridgehead atoms. The van der Waals surface area contributed by atoms with Gasteiger partial charge in [0.1, 0.15) is 0 Å². The van der Waals surface area contributed by atoms with E-state index in [1.54, 1.807) is 0 Å². The minimum absolute atomic E-state index is 0.684. The summed E-state index contributed by atoms with van der Waals surface area (Å²) in [6.07, 6.45) is 0. The second kappa shape index (κ2) is 14.2. The van der Waals surface area contributed by atoms with Crippen LogP contribution in [0.2, 0.25) is 0 Å². The van der Waals surface area contributed by atoms with E-state index in [2.05, 4.69) is 182 Å². The van der Waals surface area contributed by atoms with Gasteiger partial charge in [-0.05, 0) is 76.9 Å². The summed E-state index contributed by atoms with van der Waals surface area (Å²) in [5.41, 5.74) is 12.3. The van der Waals surface area contributed by atoms with E-state index in [9.17, 15) is 0 Å². The summed E-state index contributed by atoms with van der Waals surface area (Å²) in [5, 5.41) is 6.24. The van der Waals surface area contributed by atoms with Crippen molar-refractivity contribution in [2.75, 3.05) is 0 Å². The van der Waals surface area contributed by atoms with E-state index >= 15 is 0 Å². The quantitative estimate of drug-likeness (QED) is 0.168. The Balaban J connectivity index is 1.11. The SMILES string of the molecule is c1ccc(-c2ccc(-c3cc(-c4cc(-c5ccc6sc7ccccc7c6c5)cc(-c5nc6ccccc6c6c5sc5ccccc56)c4)nc(-c4ccccc4)n3)cc2)cc1. The van der Waals surface area contributed by atoms with Crippen molar-refractivity contribution in [3.05, 3.63) is 200 Å². The molecular weight excluding hydrogens is 767 g/mol. The molecular formula is C55H33N3S2. The fourth-order valence-electron chi connectivity index (χ4n) is 8.54. The Labute approximate surface area is 354 Å². The molecule has 0 spiro atoms. The molecule has 0 fully saturated rings. The Bertz CT molecular complexity index is 3590. The van der Waals surface area contributed by atoms with Crippen LogP contribution in [0.4, 0.5) is 0 Å². The Kier molecular flexibility index (Phi) is 8.22. The van der Waals surface area contributed by atoms with Crippen molar-refractivity contribution < 1.29 is 0 Å². The molecule has 0 aliphatic heterocycles. The Morgan fingerprint density at radius 2 is 0.850 bits per heavy atom. The van der Waals surface area contributed by atoms with Gasteiger partial charge in [-0.25, -0.2) is 15.0 Å². The normalized spacial score (nSPS) is 11.7. The third-order valence-corrected chi connectivity index (χ3v) is 13.8. The van der Waals surface area contributed by atoms with E-state index in [1.165, 1.54) is 56.9 Å². The van der Waals surface area contributed by atoms with Crippen molar-refractivity contribution in [3.63, 3.8) is 0 Å². The number of rotatable bonds is 6. The molecule has 0 radical (unpaired) electrons. The zero-order chi connectivity index (χ0) is 39.6. The van der Waals surface area contributed by atoms with Crippen molar-refractivity contribution in [1.29, 1.82) is 0 Å². The zero-order valence-corrected chi connectivity index (χ0v) is 33.8. The first-order valence-electron chi connectivity index (χ1n) is 20.1. The Hall–Kier alpha value is -7.31. The molecule has 60 heavy (non-hydrogen) atoms. The van der Waals surface area contributed by atoms with Gasteiger partial charge < -0.3 is 0 Å². The highest BCUT2D eigenvalue weighted by Gasteiger charge is 2.19. The number of fused-ring (bicyclic) bond motifs is 8. The van der Waals surface area contributed by atoms with E-state index in [0.29, 0.717) is 5.82 Å². The Morgan fingerprint density at radius 3 is 1.63 bits per heavy atom. The number of hydrogen-bond acceptors (Lipinski definition) is 5. The molecule has 0 aliphatic carbocycles. The predicted octanol–water partition coefficient (Wildman–Crippen LogP) is 15.8. The van der Waals surface area contributed by atoms with Gasteiger partial charge in [0, 0.05) is 63.3 Å². The summed E-state index contributed by atoms with van der Waals surface area (Å²) in [4.78, 5) is 16.0. The Morgan fingerprint density at radius 1 is 0.300 bits per heavy atom. The average molecular weight is 800 g/mol. The highest BCUT2D eigenvalue weighted by Crippen LogP contribution is 2.45. The summed E-state index contributed by atoms with van der Waals surface area (Å²) in [7, 11) is 0. The minimum Gasteiger partial charge on any atom is -0.246 e. The molecule has 12 rings (SSSR count). The van der Waals surface area contributed by atoms with Crippen molar-refractivity contribution >= 4 is 73.9 Å². The van der Waals surface area contributed by atoms with Gasteiger partial charge in [-0.3, -0.25) is 0 Å². The van der Waals surface area contributed by atoms with Crippen LogP contribution in [0.15, 0.2) is 200 Å². The molecule has 5 heteroatoms. The first kappa shape index (κ1) is 34.7. The van der Waals surface area contributed by atoms with E-state index in [4.69, 9.17) is 15.0 Å². The summed E-state index contributed by atoms with van der Waals surface area (Å²) in [6.45, 7) is 0. The number of thiophene rings is 2. The standard InChI is InChI=1S/C55H33N3S2/c1-3-13-34(14-4-1)35-23-25-36(26-24-35)47-33-48(58-55(57-47)37-15-5-2-6-16-37)40-29-39(38-27-28-51-45(32-38)42-17-8-11-21-49(42)59-51)30-41(31-40)53-54-52(43-18-7-10-20-46(43)56-53)44-19-9-12-22-50(44)60-54/h1-33H. The maximum absolute atomic E-state index is 5.46. The van der Waals surface area contributed by atoms with E-state index in [0.717, 1.165) is 56.0 Å². The van der Waals surface area contributed by atoms with Crippen LogP contribution in [-0.4, -0.2) is 15.0 Å². The molecule has 0 N–H and O–H groups in total.